The number of hydrogen-bond acceptors (Lipinski definition) is 5. The lowest BCUT2D eigenvalue weighted by atomic mass is 10.1. The smallest absolute Gasteiger partial charge is 0.255 e. The second-order valence-corrected chi connectivity index (χ2v) is 8.94. The fraction of sp³-hybridized carbons (Fsp3) is 0.308. The molecule has 2 fully saturated rings. The highest BCUT2D eigenvalue weighted by atomic mass is 16.2. The Morgan fingerprint density at radius 3 is 2.62 bits per heavy atom. The summed E-state index contributed by atoms with van der Waals surface area (Å²) in [5.41, 5.74) is 8.21. The molecule has 0 radical (unpaired) electrons. The lowest BCUT2D eigenvalue weighted by Gasteiger charge is -2.23. The van der Waals surface area contributed by atoms with Crippen LogP contribution < -0.4 is 11.1 Å². The maximum Gasteiger partial charge on any atom is 0.255 e. The molecule has 8 heteroatoms. The Labute approximate surface area is 198 Å². The summed E-state index contributed by atoms with van der Waals surface area (Å²) in [4.78, 5) is 42.3. The van der Waals surface area contributed by atoms with Gasteiger partial charge >= 0.3 is 0 Å². The molecule has 2 saturated heterocycles. The van der Waals surface area contributed by atoms with Crippen molar-refractivity contribution in [1.82, 2.24) is 15.1 Å². The van der Waals surface area contributed by atoms with Crippen LogP contribution in [-0.2, 0) is 20.8 Å². The van der Waals surface area contributed by atoms with Gasteiger partial charge in [0.25, 0.3) is 5.91 Å². The molecule has 0 bridgehead atoms. The van der Waals surface area contributed by atoms with Crippen molar-refractivity contribution in [2.75, 3.05) is 25.4 Å². The zero-order valence-corrected chi connectivity index (χ0v) is 18.9. The first-order chi connectivity index (χ1) is 16.5. The molecule has 3 N–H and O–H groups in total. The standard InChI is InChI=1S/C26H28N5O3/c27-20-10-8-19(9-11-20)25-26(34)31-14-13-29(17-23(31)28-25)16-22(32)21-7-4-12-30(21)24(33)15-18-5-2-1-3-6-18/h1-3,5-6,8-11,13,17,21,25,28H,4,7,12,14-16,27H2/q+1/t21-,25?/m0/s1. The van der Waals surface area contributed by atoms with E-state index in [9.17, 15) is 14.4 Å². The van der Waals surface area contributed by atoms with Gasteiger partial charge in [0.15, 0.2) is 12.0 Å². The Morgan fingerprint density at radius 1 is 1.09 bits per heavy atom. The van der Waals surface area contributed by atoms with Gasteiger partial charge in [0.2, 0.25) is 24.4 Å². The van der Waals surface area contributed by atoms with Crippen molar-refractivity contribution in [2.45, 2.75) is 31.3 Å². The molecule has 2 aromatic rings. The van der Waals surface area contributed by atoms with Gasteiger partial charge in [-0.15, -0.1) is 0 Å². The van der Waals surface area contributed by atoms with Crippen LogP contribution in [0.25, 0.3) is 0 Å². The molecule has 8 nitrogen and oxygen atoms in total. The van der Waals surface area contributed by atoms with Gasteiger partial charge in [-0.25, -0.2) is 0 Å². The zero-order chi connectivity index (χ0) is 23.7. The number of carbonyl (C=O) groups is 3. The van der Waals surface area contributed by atoms with Crippen LogP contribution in [0.5, 0.6) is 0 Å². The molecule has 0 aliphatic carbocycles. The topological polar surface area (TPSA) is 98.8 Å². The number of nitrogens with two attached hydrogens (primary N) is 1. The van der Waals surface area contributed by atoms with Crippen LogP contribution in [0.1, 0.15) is 30.0 Å². The third kappa shape index (κ3) is 4.31. The molecule has 34 heavy (non-hydrogen) atoms. The second-order valence-electron chi connectivity index (χ2n) is 8.94. The summed E-state index contributed by atoms with van der Waals surface area (Å²) in [7, 11) is 0. The van der Waals surface area contributed by atoms with Crippen molar-refractivity contribution in [2.24, 2.45) is 0 Å². The number of ketones is 1. The minimum atomic E-state index is -0.475. The van der Waals surface area contributed by atoms with Crippen LogP contribution in [0.15, 0.2) is 66.6 Å². The first-order valence-electron chi connectivity index (χ1n) is 11.6. The highest BCUT2D eigenvalue weighted by molar-refractivity contribution is 5.92. The molecular weight excluding hydrogens is 430 g/mol. The van der Waals surface area contributed by atoms with Crippen molar-refractivity contribution in [3.8, 4) is 0 Å². The number of nitrogen functional groups attached to an aromatic ring is 1. The van der Waals surface area contributed by atoms with Gasteiger partial charge in [0.05, 0.1) is 12.5 Å². The van der Waals surface area contributed by atoms with Crippen LogP contribution >= 0.6 is 0 Å². The van der Waals surface area contributed by atoms with Crippen LogP contribution in [0, 0.1) is 0 Å². The molecule has 3 aliphatic heterocycles. The van der Waals surface area contributed by atoms with Gasteiger partial charge in [-0.05, 0) is 36.1 Å². The lowest BCUT2D eigenvalue weighted by Crippen LogP contribution is -2.44. The van der Waals surface area contributed by atoms with E-state index in [1.807, 2.05) is 53.3 Å². The summed E-state index contributed by atoms with van der Waals surface area (Å²) in [5, 5.41) is 3.26. The van der Waals surface area contributed by atoms with E-state index in [2.05, 4.69) is 5.32 Å². The fourth-order valence-corrected chi connectivity index (χ4v) is 4.84. The number of Topliss-reactive ketones (excluding diaryl/α,β-unsaturated/α-hetero) is 1. The van der Waals surface area contributed by atoms with E-state index in [1.165, 1.54) is 0 Å². The van der Waals surface area contributed by atoms with Crippen LogP contribution in [0.4, 0.5) is 5.69 Å². The van der Waals surface area contributed by atoms with E-state index in [4.69, 9.17) is 5.73 Å². The minimum absolute atomic E-state index is 0.0106. The Hall–Kier alpha value is -3.94. The fourth-order valence-electron chi connectivity index (χ4n) is 4.84. The minimum Gasteiger partial charge on any atom is -0.399 e. The molecule has 1 unspecified atom stereocenters. The zero-order valence-electron chi connectivity index (χ0n) is 18.9. The Morgan fingerprint density at radius 2 is 1.85 bits per heavy atom. The van der Waals surface area contributed by atoms with Crippen molar-refractivity contribution in [3.63, 3.8) is 0 Å². The molecule has 3 heterocycles. The average molecular weight is 459 g/mol. The van der Waals surface area contributed by atoms with Gasteiger partial charge in [-0.2, -0.15) is 4.58 Å². The van der Waals surface area contributed by atoms with Crippen molar-refractivity contribution in [3.05, 3.63) is 77.7 Å². The maximum absolute atomic E-state index is 13.2. The molecule has 174 valence electrons. The Kier molecular flexibility index (Phi) is 5.88. The number of hydrogen-bond donors (Lipinski definition) is 2. The predicted octanol–water partition coefficient (Wildman–Crippen LogP) is 1.44. The Bertz CT molecular complexity index is 1170. The summed E-state index contributed by atoms with van der Waals surface area (Å²) >= 11 is 0. The number of amides is 2. The molecule has 5 rings (SSSR count). The number of rotatable bonds is 6. The highest BCUT2D eigenvalue weighted by Gasteiger charge is 2.41. The quantitative estimate of drug-likeness (QED) is 0.504. The van der Waals surface area contributed by atoms with Crippen LogP contribution in [-0.4, -0.2) is 63.9 Å². The molecule has 0 aromatic heterocycles. The van der Waals surface area contributed by atoms with E-state index in [1.54, 1.807) is 28.1 Å². The van der Waals surface area contributed by atoms with Gasteiger partial charge in [-0.3, -0.25) is 19.3 Å². The first kappa shape index (κ1) is 21.9. The van der Waals surface area contributed by atoms with E-state index in [0.717, 1.165) is 17.5 Å². The van der Waals surface area contributed by atoms with E-state index >= 15 is 0 Å². The molecule has 3 aliphatic rings. The summed E-state index contributed by atoms with van der Waals surface area (Å²) < 4.78 is 1.82. The number of anilines is 1. The molecular formula is C26H28N5O3+. The van der Waals surface area contributed by atoms with Crippen molar-refractivity contribution >= 4 is 29.5 Å². The molecule has 2 atom stereocenters. The number of nitrogens with one attached hydrogen (secondary N) is 1. The van der Waals surface area contributed by atoms with Gasteiger partial charge in [0.1, 0.15) is 12.6 Å². The maximum atomic E-state index is 13.2. The number of likely N-dealkylation sites (tertiary alicyclic amines) is 1. The molecule has 2 amide bonds. The third-order valence-corrected chi connectivity index (χ3v) is 6.63. The van der Waals surface area contributed by atoms with Crippen LogP contribution in [0.3, 0.4) is 0 Å². The number of benzene rings is 2. The number of nitrogens with zero attached hydrogens (tertiary/aromatic N) is 3. The number of fused-ring (bicyclic) bond motifs is 1. The molecule has 0 saturated carbocycles. The monoisotopic (exact) mass is 458 g/mol. The van der Waals surface area contributed by atoms with Crippen LogP contribution in [0.2, 0.25) is 0 Å². The lowest BCUT2D eigenvalue weighted by molar-refractivity contribution is -0.445. The summed E-state index contributed by atoms with van der Waals surface area (Å²) in [6.07, 6.45) is 5.46. The number of carbonyl (C=O) groups excluding carboxylic acids is 3. The van der Waals surface area contributed by atoms with Crippen molar-refractivity contribution in [1.29, 1.82) is 0 Å². The van der Waals surface area contributed by atoms with Gasteiger partial charge in [0, 0.05) is 12.2 Å². The summed E-state index contributed by atoms with van der Waals surface area (Å²) in [5.74, 6) is 0.640. The van der Waals surface area contributed by atoms with Gasteiger partial charge in [-0.1, -0.05) is 42.5 Å². The van der Waals surface area contributed by atoms with Crippen molar-refractivity contribution < 1.29 is 19.0 Å². The Balaban J connectivity index is 1.24. The average Bonchev–Trinajstić information content (AvgIpc) is 3.46. The normalized spacial score (nSPS) is 21.6. The SMILES string of the molecule is Nc1ccc(C2NC3=C[N+](CC(=O)[C@@H]4CCCN4C(=O)Cc4ccccc4)=CCN3C2=O)cc1. The van der Waals surface area contributed by atoms with E-state index in [0.29, 0.717) is 37.4 Å². The van der Waals surface area contributed by atoms with Gasteiger partial charge < -0.3 is 16.0 Å². The largest absolute Gasteiger partial charge is 0.399 e. The highest BCUT2D eigenvalue weighted by Crippen LogP contribution is 2.27. The summed E-state index contributed by atoms with van der Waals surface area (Å²) in [6.45, 7) is 1.16. The predicted molar refractivity (Wildman–Crippen MR) is 128 cm³/mol. The molecule has 0 spiro atoms. The van der Waals surface area contributed by atoms with E-state index < -0.39 is 12.1 Å². The van der Waals surface area contributed by atoms with E-state index in [-0.39, 0.29) is 24.1 Å². The summed E-state index contributed by atoms with van der Waals surface area (Å²) in [6, 6.07) is 16.0. The second kappa shape index (κ2) is 9.13. The molecule has 2 aromatic carbocycles. The first-order valence-corrected chi connectivity index (χ1v) is 11.6. The third-order valence-electron chi connectivity index (χ3n) is 6.63.